The fourth-order valence-corrected chi connectivity index (χ4v) is 4.54. The zero-order chi connectivity index (χ0) is 22.0. The Balaban J connectivity index is 1.55. The van der Waals surface area contributed by atoms with Crippen LogP contribution in [0.15, 0.2) is 39.6 Å². The minimum absolute atomic E-state index is 0.101. The van der Waals surface area contributed by atoms with Gasteiger partial charge in [-0.1, -0.05) is 29.4 Å². The molecule has 9 nitrogen and oxygen atoms in total. The molecule has 31 heavy (non-hydrogen) atoms. The molecule has 1 aromatic carbocycles. The average Bonchev–Trinajstić information content (AvgIpc) is 3.33. The van der Waals surface area contributed by atoms with Gasteiger partial charge in [-0.05, 0) is 67.0 Å². The predicted molar refractivity (Wildman–Crippen MR) is 117 cm³/mol. The van der Waals surface area contributed by atoms with E-state index in [1.165, 1.54) is 29.6 Å². The molecule has 0 saturated heterocycles. The van der Waals surface area contributed by atoms with Crippen LogP contribution in [-0.2, 0) is 12.3 Å². The number of benzene rings is 1. The molecular weight excluding hydrogens is 461 g/mol. The Hall–Kier alpha value is -2.28. The molecule has 0 aliphatic rings. The first-order valence-corrected chi connectivity index (χ1v) is 11.5. The SMILES string of the molecule is Cc1cc(Sc2nnnn2CCN(C)C)n2nc(SCc3ccc(F)c(Cl)c3)nc2n1. The molecule has 3 heterocycles. The second-order valence-electron chi connectivity index (χ2n) is 6.97. The molecule has 3 aromatic heterocycles. The van der Waals surface area contributed by atoms with Crippen LogP contribution in [0.2, 0.25) is 5.02 Å². The van der Waals surface area contributed by atoms with E-state index in [9.17, 15) is 4.39 Å². The fourth-order valence-electron chi connectivity index (χ4n) is 2.64. The summed E-state index contributed by atoms with van der Waals surface area (Å²) in [7, 11) is 4.00. The molecule has 0 saturated carbocycles. The number of fused-ring (bicyclic) bond motifs is 1. The van der Waals surface area contributed by atoms with E-state index >= 15 is 0 Å². The maximum atomic E-state index is 13.4. The van der Waals surface area contributed by atoms with Crippen molar-refractivity contribution in [3.63, 3.8) is 0 Å². The van der Waals surface area contributed by atoms with E-state index in [1.54, 1.807) is 21.3 Å². The van der Waals surface area contributed by atoms with Crippen molar-refractivity contribution < 1.29 is 4.39 Å². The van der Waals surface area contributed by atoms with Crippen molar-refractivity contribution in [2.75, 3.05) is 20.6 Å². The Morgan fingerprint density at radius 1 is 1.19 bits per heavy atom. The molecule has 4 aromatic rings. The van der Waals surface area contributed by atoms with Gasteiger partial charge in [0.15, 0.2) is 0 Å². The molecule has 0 fully saturated rings. The molecule has 13 heteroatoms. The third kappa shape index (κ3) is 5.32. The quantitative estimate of drug-likeness (QED) is 0.279. The summed E-state index contributed by atoms with van der Waals surface area (Å²) in [6.45, 7) is 3.40. The topological polar surface area (TPSA) is 89.9 Å². The monoisotopic (exact) mass is 479 g/mol. The fraction of sp³-hybridized carbons (Fsp3) is 0.333. The Morgan fingerprint density at radius 3 is 2.81 bits per heavy atom. The lowest BCUT2D eigenvalue weighted by molar-refractivity contribution is 0.361. The van der Waals surface area contributed by atoms with Gasteiger partial charge in [-0.2, -0.15) is 9.50 Å². The molecule has 0 bridgehead atoms. The minimum Gasteiger partial charge on any atom is -0.308 e. The normalized spacial score (nSPS) is 11.7. The van der Waals surface area contributed by atoms with Crippen LogP contribution in [0.4, 0.5) is 4.39 Å². The second kappa shape index (κ2) is 9.47. The molecule has 0 N–H and O–H groups in total. The van der Waals surface area contributed by atoms with Gasteiger partial charge in [-0.15, -0.1) is 10.2 Å². The molecule has 4 rings (SSSR count). The number of aromatic nitrogens is 8. The highest BCUT2D eigenvalue weighted by atomic mass is 35.5. The van der Waals surface area contributed by atoms with Crippen LogP contribution >= 0.6 is 35.1 Å². The van der Waals surface area contributed by atoms with E-state index in [-0.39, 0.29) is 5.02 Å². The maximum Gasteiger partial charge on any atom is 0.254 e. The van der Waals surface area contributed by atoms with E-state index in [4.69, 9.17) is 11.6 Å². The first-order valence-electron chi connectivity index (χ1n) is 9.29. The van der Waals surface area contributed by atoms with Crippen LogP contribution in [0.5, 0.6) is 0 Å². The van der Waals surface area contributed by atoms with E-state index in [0.29, 0.717) is 28.4 Å². The lowest BCUT2D eigenvalue weighted by atomic mass is 10.2. The molecule has 0 radical (unpaired) electrons. The van der Waals surface area contributed by atoms with Gasteiger partial charge in [0.05, 0.1) is 11.6 Å². The minimum atomic E-state index is -0.435. The second-order valence-corrected chi connectivity index (χ2v) is 9.31. The van der Waals surface area contributed by atoms with Gasteiger partial charge < -0.3 is 4.90 Å². The van der Waals surface area contributed by atoms with E-state index in [0.717, 1.165) is 22.8 Å². The van der Waals surface area contributed by atoms with Crippen molar-refractivity contribution in [3.05, 3.63) is 46.4 Å². The molecule has 0 unspecified atom stereocenters. The Bertz CT molecular complexity index is 1210. The number of nitrogens with zero attached hydrogens (tertiary/aromatic N) is 9. The highest BCUT2D eigenvalue weighted by molar-refractivity contribution is 7.99. The number of halogens is 2. The lowest BCUT2D eigenvalue weighted by Gasteiger charge is -2.10. The third-order valence-corrected chi connectivity index (χ3v) is 6.37. The highest BCUT2D eigenvalue weighted by Crippen LogP contribution is 2.28. The zero-order valence-corrected chi connectivity index (χ0v) is 19.4. The van der Waals surface area contributed by atoms with E-state index in [2.05, 4.69) is 35.5 Å². The Kier molecular flexibility index (Phi) is 6.70. The summed E-state index contributed by atoms with van der Waals surface area (Å²) in [5.74, 6) is 0.617. The van der Waals surface area contributed by atoms with Crippen LogP contribution in [0.1, 0.15) is 11.3 Å². The number of aryl methyl sites for hydroxylation is 1. The Morgan fingerprint density at radius 2 is 2.03 bits per heavy atom. The first-order chi connectivity index (χ1) is 14.9. The maximum absolute atomic E-state index is 13.4. The summed E-state index contributed by atoms with van der Waals surface area (Å²) >= 11 is 8.70. The standard InChI is InChI=1S/C18H19ClFN9S2/c1-11-8-15(31-18-23-25-26-28(18)7-6-27(2)3)29-16(21-11)22-17(24-29)30-10-12-4-5-14(20)13(19)9-12/h4-5,8-9H,6-7,10H2,1-3H3. The van der Waals surface area contributed by atoms with Gasteiger partial charge in [0.2, 0.25) is 10.3 Å². The molecule has 0 atom stereocenters. The molecule has 0 aliphatic heterocycles. The summed E-state index contributed by atoms with van der Waals surface area (Å²) in [4.78, 5) is 11.1. The van der Waals surface area contributed by atoms with Gasteiger partial charge in [0.1, 0.15) is 10.8 Å². The number of tetrazole rings is 1. The summed E-state index contributed by atoms with van der Waals surface area (Å²) in [5.41, 5.74) is 1.70. The van der Waals surface area contributed by atoms with Crippen LogP contribution in [0.3, 0.4) is 0 Å². The van der Waals surface area contributed by atoms with Gasteiger partial charge in [0, 0.05) is 18.0 Å². The Labute approximate surface area is 191 Å². The van der Waals surface area contributed by atoms with E-state index < -0.39 is 5.82 Å². The molecule has 162 valence electrons. The van der Waals surface area contributed by atoms with Crippen LogP contribution in [0, 0.1) is 12.7 Å². The zero-order valence-electron chi connectivity index (χ0n) is 17.0. The summed E-state index contributed by atoms with van der Waals surface area (Å²) < 4.78 is 16.8. The van der Waals surface area contributed by atoms with Crippen molar-refractivity contribution in [1.82, 2.24) is 44.7 Å². The summed E-state index contributed by atoms with van der Waals surface area (Å²) in [6.07, 6.45) is 0. The smallest absolute Gasteiger partial charge is 0.254 e. The predicted octanol–water partition coefficient (Wildman–Crippen LogP) is 3.22. The number of hydrogen-bond donors (Lipinski definition) is 0. The average molecular weight is 480 g/mol. The van der Waals surface area contributed by atoms with Crippen molar-refractivity contribution in [2.45, 2.75) is 34.6 Å². The van der Waals surface area contributed by atoms with Crippen LogP contribution in [-0.4, -0.2) is 65.3 Å². The molecular formula is C18H19ClFN9S2. The van der Waals surface area contributed by atoms with Gasteiger partial charge in [-0.3, -0.25) is 0 Å². The number of rotatable bonds is 8. The van der Waals surface area contributed by atoms with Crippen LogP contribution in [0.25, 0.3) is 5.78 Å². The number of thioether (sulfide) groups is 1. The van der Waals surface area contributed by atoms with Crippen molar-refractivity contribution in [1.29, 1.82) is 0 Å². The van der Waals surface area contributed by atoms with Gasteiger partial charge >= 0.3 is 0 Å². The molecule has 0 aliphatic carbocycles. The first kappa shape index (κ1) is 21.9. The highest BCUT2D eigenvalue weighted by Gasteiger charge is 2.15. The van der Waals surface area contributed by atoms with Crippen LogP contribution < -0.4 is 0 Å². The van der Waals surface area contributed by atoms with Crippen molar-refractivity contribution in [3.8, 4) is 0 Å². The number of hydrogen-bond acceptors (Lipinski definition) is 9. The lowest BCUT2D eigenvalue weighted by Crippen LogP contribution is -2.19. The van der Waals surface area contributed by atoms with Gasteiger partial charge in [0.25, 0.3) is 5.78 Å². The largest absolute Gasteiger partial charge is 0.308 e. The summed E-state index contributed by atoms with van der Waals surface area (Å²) in [6, 6.07) is 6.58. The number of likely N-dealkylation sites (N-methyl/N-ethyl adjacent to an activating group) is 1. The third-order valence-electron chi connectivity index (χ3n) is 4.19. The van der Waals surface area contributed by atoms with E-state index in [1.807, 2.05) is 27.1 Å². The molecule has 0 amide bonds. The van der Waals surface area contributed by atoms with Crippen molar-refractivity contribution in [2.24, 2.45) is 0 Å². The van der Waals surface area contributed by atoms with Crippen molar-refractivity contribution >= 4 is 40.9 Å². The van der Waals surface area contributed by atoms with Gasteiger partial charge in [-0.25, -0.2) is 14.1 Å². The summed E-state index contributed by atoms with van der Waals surface area (Å²) in [5, 5.41) is 18.7. The molecule has 0 spiro atoms.